The summed E-state index contributed by atoms with van der Waals surface area (Å²) in [5.41, 5.74) is 0.697. The average molecular weight is 290 g/mol. The third-order valence-electron chi connectivity index (χ3n) is 3.99. The molecule has 1 amide bonds. The minimum absolute atomic E-state index is 0.130. The van der Waals surface area contributed by atoms with E-state index in [9.17, 15) is 9.59 Å². The summed E-state index contributed by atoms with van der Waals surface area (Å²) < 4.78 is 0. The molecule has 114 valence electrons. The first-order valence-electron chi connectivity index (χ1n) is 7.35. The van der Waals surface area contributed by atoms with E-state index in [2.05, 4.69) is 24.1 Å². The van der Waals surface area contributed by atoms with E-state index in [1.807, 2.05) is 0 Å². The Morgan fingerprint density at radius 1 is 1.14 bits per heavy atom. The molecule has 0 atom stereocenters. The maximum absolute atomic E-state index is 12.1. The smallest absolute Gasteiger partial charge is 0.335 e. The molecule has 5 nitrogen and oxygen atoms in total. The van der Waals surface area contributed by atoms with Crippen LogP contribution in [0.25, 0.3) is 0 Å². The summed E-state index contributed by atoms with van der Waals surface area (Å²) in [6.45, 7) is 6.37. The number of hydrogen-bond donors (Lipinski definition) is 2. The number of carbonyl (C=O) groups excluding carboxylic acids is 1. The maximum atomic E-state index is 12.1. The lowest BCUT2D eigenvalue weighted by atomic mass is 10.0. The fourth-order valence-corrected chi connectivity index (χ4v) is 2.59. The van der Waals surface area contributed by atoms with Crippen molar-refractivity contribution in [1.29, 1.82) is 0 Å². The zero-order valence-electron chi connectivity index (χ0n) is 12.5. The van der Waals surface area contributed by atoms with Gasteiger partial charge in [-0.25, -0.2) is 4.79 Å². The van der Waals surface area contributed by atoms with Crippen molar-refractivity contribution in [2.24, 2.45) is 0 Å². The fourth-order valence-electron chi connectivity index (χ4n) is 2.59. The molecule has 5 heteroatoms. The molecule has 1 aliphatic heterocycles. The van der Waals surface area contributed by atoms with Gasteiger partial charge in [0.25, 0.3) is 5.91 Å². The lowest BCUT2D eigenvalue weighted by molar-refractivity contribution is 0.0696. The quantitative estimate of drug-likeness (QED) is 0.889. The maximum Gasteiger partial charge on any atom is 0.335 e. The van der Waals surface area contributed by atoms with Gasteiger partial charge in [-0.2, -0.15) is 0 Å². The lowest BCUT2D eigenvalue weighted by Crippen LogP contribution is -2.46. The van der Waals surface area contributed by atoms with Gasteiger partial charge in [-0.05, 0) is 51.0 Å². The van der Waals surface area contributed by atoms with Gasteiger partial charge in [-0.1, -0.05) is 0 Å². The van der Waals surface area contributed by atoms with Crippen LogP contribution in [-0.4, -0.2) is 47.1 Å². The standard InChI is InChI=1S/C16H22N2O3/c1-11(2)18-9-7-14(8-10-18)17-15(19)12-3-5-13(6-4-12)16(20)21/h3-6,11,14H,7-10H2,1-2H3,(H,17,19)(H,20,21). The number of rotatable bonds is 4. The Hall–Kier alpha value is -1.88. The summed E-state index contributed by atoms with van der Waals surface area (Å²) in [6, 6.07) is 6.78. The van der Waals surface area contributed by atoms with Crippen LogP contribution < -0.4 is 5.32 Å². The topological polar surface area (TPSA) is 69.6 Å². The number of hydrogen-bond acceptors (Lipinski definition) is 3. The van der Waals surface area contributed by atoms with Gasteiger partial charge in [0.05, 0.1) is 5.56 Å². The van der Waals surface area contributed by atoms with Gasteiger partial charge in [-0.15, -0.1) is 0 Å². The summed E-state index contributed by atoms with van der Waals surface area (Å²) >= 11 is 0. The first-order valence-corrected chi connectivity index (χ1v) is 7.35. The predicted octanol–water partition coefficient (Wildman–Crippen LogP) is 1.99. The van der Waals surface area contributed by atoms with Crippen LogP contribution in [0.2, 0.25) is 0 Å². The van der Waals surface area contributed by atoms with Crippen molar-refractivity contribution in [1.82, 2.24) is 10.2 Å². The zero-order chi connectivity index (χ0) is 15.4. The Morgan fingerprint density at radius 2 is 1.67 bits per heavy atom. The highest BCUT2D eigenvalue weighted by atomic mass is 16.4. The van der Waals surface area contributed by atoms with E-state index in [0.717, 1.165) is 25.9 Å². The van der Waals surface area contributed by atoms with Gasteiger partial charge in [0, 0.05) is 30.7 Å². The van der Waals surface area contributed by atoms with Crippen molar-refractivity contribution in [2.75, 3.05) is 13.1 Å². The van der Waals surface area contributed by atoms with Crippen LogP contribution in [0.1, 0.15) is 47.4 Å². The molecule has 0 saturated carbocycles. The van der Waals surface area contributed by atoms with Gasteiger partial charge in [0.2, 0.25) is 0 Å². The van der Waals surface area contributed by atoms with E-state index in [1.54, 1.807) is 12.1 Å². The predicted molar refractivity (Wildman–Crippen MR) is 80.6 cm³/mol. The Kier molecular flexibility index (Phi) is 4.96. The largest absolute Gasteiger partial charge is 0.478 e. The second kappa shape index (κ2) is 6.72. The number of aromatic carboxylic acids is 1. The minimum atomic E-state index is -0.983. The van der Waals surface area contributed by atoms with Crippen LogP contribution in [0.5, 0.6) is 0 Å². The highest BCUT2D eigenvalue weighted by Crippen LogP contribution is 2.14. The Morgan fingerprint density at radius 3 is 2.14 bits per heavy atom. The highest BCUT2D eigenvalue weighted by molar-refractivity contribution is 5.96. The molecule has 1 heterocycles. The molecular weight excluding hydrogens is 268 g/mol. The Bertz CT molecular complexity index is 503. The number of likely N-dealkylation sites (tertiary alicyclic amines) is 1. The first-order chi connectivity index (χ1) is 9.97. The average Bonchev–Trinajstić information content (AvgIpc) is 2.47. The molecule has 0 aromatic heterocycles. The highest BCUT2D eigenvalue weighted by Gasteiger charge is 2.22. The van der Waals surface area contributed by atoms with Crippen LogP contribution in [0.15, 0.2) is 24.3 Å². The molecule has 0 radical (unpaired) electrons. The molecule has 2 N–H and O–H groups in total. The number of benzene rings is 1. The molecule has 0 bridgehead atoms. The summed E-state index contributed by atoms with van der Waals surface area (Å²) in [4.78, 5) is 25.3. The summed E-state index contributed by atoms with van der Waals surface area (Å²) in [5, 5.41) is 11.9. The molecule has 1 aliphatic rings. The van der Waals surface area contributed by atoms with Gasteiger partial charge in [-0.3, -0.25) is 4.79 Å². The number of carbonyl (C=O) groups is 2. The van der Waals surface area contributed by atoms with Gasteiger partial charge >= 0.3 is 5.97 Å². The van der Waals surface area contributed by atoms with E-state index in [0.29, 0.717) is 11.6 Å². The van der Waals surface area contributed by atoms with Gasteiger partial charge < -0.3 is 15.3 Å². The molecule has 0 unspecified atom stereocenters. The molecule has 1 aromatic carbocycles. The molecule has 0 spiro atoms. The van der Waals surface area contributed by atoms with Crippen molar-refractivity contribution in [3.63, 3.8) is 0 Å². The molecule has 1 fully saturated rings. The molecule has 2 rings (SSSR count). The summed E-state index contributed by atoms with van der Waals surface area (Å²) in [5.74, 6) is -1.11. The van der Waals surface area contributed by atoms with Crippen LogP contribution >= 0.6 is 0 Å². The second-order valence-corrected chi connectivity index (χ2v) is 5.76. The lowest BCUT2D eigenvalue weighted by Gasteiger charge is -2.34. The van der Waals surface area contributed by atoms with Crippen molar-refractivity contribution in [3.05, 3.63) is 35.4 Å². The SMILES string of the molecule is CC(C)N1CCC(NC(=O)c2ccc(C(=O)O)cc2)CC1. The Labute approximate surface area is 125 Å². The molecule has 1 aromatic rings. The summed E-state index contributed by atoms with van der Waals surface area (Å²) in [7, 11) is 0. The zero-order valence-corrected chi connectivity index (χ0v) is 12.5. The fraction of sp³-hybridized carbons (Fsp3) is 0.500. The number of piperidine rings is 1. The Balaban J connectivity index is 1.89. The van der Waals surface area contributed by atoms with Crippen LogP contribution in [0.3, 0.4) is 0 Å². The van der Waals surface area contributed by atoms with Crippen molar-refractivity contribution >= 4 is 11.9 Å². The van der Waals surface area contributed by atoms with Crippen LogP contribution in [0, 0.1) is 0 Å². The third kappa shape index (κ3) is 4.04. The molecule has 0 aliphatic carbocycles. The van der Waals surface area contributed by atoms with Crippen LogP contribution in [0.4, 0.5) is 0 Å². The molecular formula is C16H22N2O3. The monoisotopic (exact) mass is 290 g/mol. The number of nitrogens with zero attached hydrogens (tertiary/aromatic N) is 1. The van der Waals surface area contributed by atoms with Crippen LogP contribution in [-0.2, 0) is 0 Å². The number of amides is 1. The van der Waals surface area contributed by atoms with E-state index in [1.165, 1.54) is 12.1 Å². The van der Waals surface area contributed by atoms with E-state index < -0.39 is 5.97 Å². The van der Waals surface area contributed by atoms with Crippen molar-refractivity contribution in [2.45, 2.75) is 38.8 Å². The van der Waals surface area contributed by atoms with E-state index in [-0.39, 0.29) is 17.5 Å². The first kappa shape index (κ1) is 15.5. The van der Waals surface area contributed by atoms with Gasteiger partial charge in [0.1, 0.15) is 0 Å². The number of carboxylic acids is 1. The van der Waals surface area contributed by atoms with Gasteiger partial charge in [0.15, 0.2) is 0 Å². The van der Waals surface area contributed by atoms with E-state index in [4.69, 9.17) is 5.11 Å². The minimum Gasteiger partial charge on any atom is -0.478 e. The summed E-state index contributed by atoms with van der Waals surface area (Å²) in [6.07, 6.45) is 1.91. The van der Waals surface area contributed by atoms with Crippen molar-refractivity contribution in [3.8, 4) is 0 Å². The molecule has 21 heavy (non-hydrogen) atoms. The van der Waals surface area contributed by atoms with E-state index >= 15 is 0 Å². The normalized spacial score (nSPS) is 16.9. The number of nitrogens with one attached hydrogen (secondary N) is 1. The van der Waals surface area contributed by atoms with Crippen molar-refractivity contribution < 1.29 is 14.7 Å². The third-order valence-corrected chi connectivity index (χ3v) is 3.99. The number of carboxylic acid groups (broad SMARTS) is 1. The second-order valence-electron chi connectivity index (χ2n) is 5.76. The molecule has 1 saturated heterocycles.